The molecule has 0 aromatic rings. The molecule has 0 radical (unpaired) electrons. The van der Waals surface area contributed by atoms with E-state index in [0.717, 1.165) is 11.4 Å². The van der Waals surface area contributed by atoms with Gasteiger partial charge >= 0.3 is 0 Å². The van der Waals surface area contributed by atoms with Crippen LogP contribution < -0.4 is 5.32 Å². The van der Waals surface area contributed by atoms with Gasteiger partial charge in [-0.2, -0.15) is 0 Å². The van der Waals surface area contributed by atoms with Crippen molar-refractivity contribution in [2.75, 3.05) is 5.75 Å². The fourth-order valence-corrected chi connectivity index (χ4v) is 3.40. The second-order valence-corrected chi connectivity index (χ2v) is 4.36. The largest absolute Gasteiger partial charge is 0.328 e. The minimum absolute atomic E-state index is 0.160. The number of nitrogens with one attached hydrogen (secondary N) is 1. The molecule has 0 aromatic carbocycles. The van der Waals surface area contributed by atoms with Crippen LogP contribution in [0.15, 0.2) is 10.6 Å². The SMILES string of the molecule is O=C1CC2=C(CSS2)N1. The van der Waals surface area contributed by atoms with Crippen molar-refractivity contribution in [1.29, 1.82) is 0 Å². The zero-order valence-electron chi connectivity index (χ0n) is 4.64. The van der Waals surface area contributed by atoms with Crippen molar-refractivity contribution in [3.05, 3.63) is 10.6 Å². The molecule has 0 aromatic heterocycles. The molecule has 0 bridgehead atoms. The van der Waals surface area contributed by atoms with Crippen molar-refractivity contribution in [3.63, 3.8) is 0 Å². The number of carbonyl (C=O) groups excluding carboxylic acids is 1. The minimum Gasteiger partial charge on any atom is -0.328 e. The average molecular weight is 159 g/mol. The Morgan fingerprint density at radius 1 is 1.56 bits per heavy atom. The van der Waals surface area contributed by atoms with Crippen molar-refractivity contribution in [2.45, 2.75) is 6.42 Å². The monoisotopic (exact) mass is 159 g/mol. The quantitative estimate of drug-likeness (QED) is 0.537. The molecule has 9 heavy (non-hydrogen) atoms. The van der Waals surface area contributed by atoms with E-state index in [2.05, 4.69) is 5.32 Å². The third kappa shape index (κ3) is 0.861. The van der Waals surface area contributed by atoms with Gasteiger partial charge in [0.2, 0.25) is 5.91 Å². The summed E-state index contributed by atoms with van der Waals surface area (Å²) in [5, 5.41) is 2.81. The van der Waals surface area contributed by atoms with Crippen LogP contribution in [0.25, 0.3) is 0 Å². The highest BCUT2D eigenvalue weighted by Gasteiger charge is 2.25. The van der Waals surface area contributed by atoms with Crippen LogP contribution in [0.2, 0.25) is 0 Å². The topological polar surface area (TPSA) is 29.1 Å². The maximum Gasteiger partial charge on any atom is 0.229 e. The zero-order valence-corrected chi connectivity index (χ0v) is 6.27. The molecular formula is C5H5NOS2. The highest BCUT2D eigenvalue weighted by molar-refractivity contribution is 8.78. The smallest absolute Gasteiger partial charge is 0.229 e. The van der Waals surface area contributed by atoms with Gasteiger partial charge in [0.05, 0.1) is 6.42 Å². The normalized spacial score (nSPS) is 24.7. The lowest BCUT2D eigenvalue weighted by molar-refractivity contribution is -0.118. The third-order valence-electron chi connectivity index (χ3n) is 1.31. The molecule has 48 valence electrons. The van der Waals surface area contributed by atoms with E-state index in [0.29, 0.717) is 6.42 Å². The fourth-order valence-electron chi connectivity index (χ4n) is 0.891. The van der Waals surface area contributed by atoms with Gasteiger partial charge in [-0.1, -0.05) is 21.6 Å². The number of hydrogen-bond acceptors (Lipinski definition) is 3. The summed E-state index contributed by atoms with van der Waals surface area (Å²) in [6.45, 7) is 0. The first-order chi connectivity index (χ1) is 4.36. The van der Waals surface area contributed by atoms with E-state index in [4.69, 9.17) is 0 Å². The van der Waals surface area contributed by atoms with E-state index in [-0.39, 0.29) is 5.91 Å². The van der Waals surface area contributed by atoms with Crippen LogP contribution in [-0.4, -0.2) is 11.7 Å². The predicted octanol–water partition coefficient (Wildman–Crippen LogP) is 1.11. The van der Waals surface area contributed by atoms with Crippen LogP contribution in [-0.2, 0) is 4.79 Å². The Hall–Kier alpha value is -0.0900. The molecule has 0 saturated carbocycles. The van der Waals surface area contributed by atoms with Crippen molar-refractivity contribution in [3.8, 4) is 0 Å². The van der Waals surface area contributed by atoms with Gasteiger partial charge < -0.3 is 5.32 Å². The Balaban J connectivity index is 2.23. The average Bonchev–Trinajstić information content (AvgIpc) is 2.22. The van der Waals surface area contributed by atoms with Crippen LogP contribution in [0.4, 0.5) is 0 Å². The van der Waals surface area contributed by atoms with Gasteiger partial charge in [-0.15, -0.1) is 0 Å². The summed E-state index contributed by atoms with van der Waals surface area (Å²) in [7, 11) is 3.53. The zero-order chi connectivity index (χ0) is 6.27. The Labute approximate surface area is 60.9 Å². The van der Waals surface area contributed by atoms with Crippen LogP contribution >= 0.6 is 21.6 Å². The molecule has 0 aliphatic carbocycles. The van der Waals surface area contributed by atoms with Crippen molar-refractivity contribution >= 4 is 27.5 Å². The number of carbonyl (C=O) groups is 1. The first-order valence-corrected chi connectivity index (χ1v) is 4.99. The van der Waals surface area contributed by atoms with Crippen LogP contribution in [0.1, 0.15) is 6.42 Å². The fraction of sp³-hybridized carbons (Fsp3) is 0.400. The second-order valence-electron chi connectivity index (χ2n) is 1.97. The number of hydrogen-bond donors (Lipinski definition) is 1. The lowest BCUT2D eigenvalue weighted by atomic mass is 10.4. The molecule has 1 N–H and O–H groups in total. The van der Waals surface area contributed by atoms with E-state index in [9.17, 15) is 4.79 Å². The molecule has 4 heteroatoms. The van der Waals surface area contributed by atoms with Crippen LogP contribution in [0, 0.1) is 0 Å². The van der Waals surface area contributed by atoms with Crippen LogP contribution in [0.5, 0.6) is 0 Å². The molecule has 0 spiro atoms. The Morgan fingerprint density at radius 3 is 3.22 bits per heavy atom. The first kappa shape index (κ1) is 5.68. The van der Waals surface area contributed by atoms with Crippen molar-refractivity contribution in [2.24, 2.45) is 0 Å². The molecule has 0 atom stereocenters. The molecular weight excluding hydrogens is 154 g/mol. The summed E-state index contributed by atoms with van der Waals surface area (Å²) in [5.74, 6) is 1.14. The van der Waals surface area contributed by atoms with Gasteiger partial charge in [-0.3, -0.25) is 4.79 Å². The summed E-state index contributed by atoms with van der Waals surface area (Å²) in [6.07, 6.45) is 0.618. The van der Waals surface area contributed by atoms with E-state index in [1.165, 1.54) is 4.91 Å². The molecule has 0 fully saturated rings. The third-order valence-corrected chi connectivity index (χ3v) is 3.74. The van der Waals surface area contributed by atoms with E-state index < -0.39 is 0 Å². The number of rotatable bonds is 0. The summed E-state index contributed by atoms with van der Waals surface area (Å²) >= 11 is 0. The lowest BCUT2D eigenvalue weighted by Gasteiger charge is -1.93. The summed E-state index contributed by atoms with van der Waals surface area (Å²) in [5.41, 5.74) is 1.15. The molecule has 2 aliphatic heterocycles. The van der Waals surface area contributed by atoms with Crippen molar-refractivity contribution in [1.82, 2.24) is 5.32 Å². The van der Waals surface area contributed by atoms with E-state index in [1.807, 2.05) is 0 Å². The predicted molar refractivity (Wildman–Crippen MR) is 39.8 cm³/mol. The van der Waals surface area contributed by atoms with Gasteiger partial charge in [-0.05, 0) is 0 Å². The lowest BCUT2D eigenvalue weighted by Crippen LogP contribution is -2.15. The van der Waals surface area contributed by atoms with Gasteiger partial charge in [0, 0.05) is 16.4 Å². The maximum atomic E-state index is 10.7. The maximum absolute atomic E-state index is 10.7. The van der Waals surface area contributed by atoms with E-state index >= 15 is 0 Å². The van der Waals surface area contributed by atoms with Crippen LogP contribution in [0.3, 0.4) is 0 Å². The molecule has 2 heterocycles. The molecule has 0 unspecified atom stereocenters. The highest BCUT2D eigenvalue weighted by atomic mass is 33.1. The summed E-state index contributed by atoms with van der Waals surface area (Å²) in [6, 6.07) is 0. The molecule has 2 rings (SSSR count). The van der Waals surface area contributed by atoms with E-state index in [1.54, 1.807) is 21.6 Å². The van der Waals surface area contributed by atoms with Gasteiger partial charge in [0.1, 0.15) is 0 Å². The Bertz CT molecular complexity index is 181. The number of amides is 1. The molecule has 2 aliphatic rings. The Kier molecular flexibility index (Phi) is 1.23. The molecule has 1 amide bonds. The van der Waals surface area contributed by atoms with Gasteiger partial charge in [-0.25, -0.2) is 0 Å². The highest BCUT2D eigenvalue weighted by Crippen LogP contribution is 2.44. The Morgan fingerprint density at radius 2 is 2.44 bits per heavy atom. The van der Waals surface area contributed by atoms with Crippen molar-refractivity contribution < 1.29 is 4.79 Å². The standard InChI is InChI=1S/C5H5NOS2/c7-5-1-4-3(6-5)2-8-9-4/h1-2H2,(H,6,7). The van der Waals surface area contributed by atoms with Gasteiger partial charge in [0.15, 0.2) is 0 Å². The molecule has 0 saturated heterocycles. The second kappa shape index (κ2) is 1.95. The van der Waals surface area contributed by atoms with Gasteiger partial charge in [0.25, 0.3) is 0 Å². The summed E-state index contributed by atoms with van der Waals surface area (Å²) < 4.78 is 0. The minimum atomic E-state index is 0.160. The summed E-state index contributed by atoms with van der Waals surface area (Å²) in [4.78, 5) is 11.9. The molecule has 2 nitrogen and oxygen atoms in total. The first-order valence-electron chi connectivity index (χ1n) is 2.67.